The summed E-state index contributed by atoms with van der Waals surface area (Å²) in [6, 6.07) is 13.0. The molecule has 22 heavy (non-hydrogen) atoms. The van der Waals surface area contributed by atoms with Gasteiger partial charge in [0.25, 0.3) is 0 Å². The van der Waals surface area contributed by atoms with Gasteiger partial charge in [-0.05, 0) is 36.4 Å². The predicted molar refractivity (Wildman–Crippen MR) is 87.6 cm³/mol. The molecule has 2 N–H and O–H groups in total. The van der Waals surface area contributed by atoms with Gasteiger partial charge < -0.3 is 10.6 Å². The highest BCUT2D eigenvalue weighted by Crippen LogP contribution is 2.20. The van der Waals surface area contributed by atoms with Crippen LogP contribution in [0, 0.1) is 0 Å². The molecule has 0 atom stereocenters. The topological polar surface area (TPSA) is 71.1 Å². The van der Waals surface area contributed by atoms with Crippen molar-refractivity contribution >= 4 is 29.3 Å². The first-order valence-corrected chi connectivity index (χ1v) is 7.79. The monoisotopic (exact) mass is 315 g/mol. The molecular weight excluding hydrogens is 298 g/mol. The van der Waals surface area contributed by atoms with E-state index in [1.54, 1.807) is 6.20 Å². The molecule has 1 aromatic heterocycles. The van der Waals surface area contributed by atoms with E-state index in [-0.39, 0.29) is 11.8 Å². The maximum absolute atomic E-state index is 11.8. The second kappa shape index (κ2) is 8.19. The summed E-state index contributed by atoms with van der Waals surface area (Å²) in [4.78, 5) is 27.8. The van der Waals surface area contributed by atoms with Crippen molar-refractivity contribution < 1.29 is 9.59 Å². The lowest BCUT2D eigenvalue weighted by Crippen LogP contribution is -2.24. The quantitative estimate of drug-likeness (QED) is 0.803. The molecule has 0 saturated carbocycles. The molecule has 0 fully saturated rings. The van der Waals surface area contributed by atoms with Gasteiger partial charge in [0.2, 0.25) is 11.8 Å². The number of thioether (sulfide) groups is 1. The summed E-state index contributed by atoms with van der Waals surface area (Å²) >= 11 is 1.45. The van der Waals surface area contributed by atoms with E-state index in [9.17, 15) is 9.59 Å². The Kier molecular flexibility index (Phi) is 5.97. The van der Waals surface area contributed by atoms with Gasteiger partial charge >= 0.3 is 0 Å². The Bertz CT molecular complexity index is 630. The molecule has 0 aliphatic heterocycles. The van der Waals surface area contributed by atoms with Crippen LogP contribution in [0.15, 0.2) is 53.6 Å². The van der Waals surface area contributed by atoms with E-state index >= 15 is 0 Å². The lowest BCUT2D eigenvalue weighted by atomic mass is 10.3. The zero-order valence-electron chi connectivity index (χ0n) is 12.2. The normalized spacial score (nSPS) is 10.0. The van der Waals surface area contributed by atoms with Gasteiger partial charge in [0.1, 0.15) is 0 Å². The predicted octanol–water partition coefficient (Wildman–Crippen LogP) is 2.45. The number of carbonyl (C=O) groups is 2. The summed E-state index contributed by atoms with van der Waals surface area (Å²) in [7, 11) is 0. The van der Waals surface area contributed by atoms with E-state index in [1.165, 1.54) is 18.7 Å². The molecule has 1 aromatic carbocycles. The van der Waals surface area contributed by atoms with Gasteiger partial charge in [-0.2, -0.15) is 0 Å². The van der Waals surface area contributed by atoms with Gasteiger partial charge in [-0.1, -0.05) is 6.07 Å². The fourth-order valence-corrected chi connectivity index (χ4v) is 2.46. The molecule has 1 heterocycles. The molecule has 2 amide bonds. The van der Waals surface area contributed by atoms with Crippen LogP contribution in [0.4, 0.5) is 5.69 Å². The van der Waals surface area contributed by atoms with E-state index in [2.05, 4.69) is 15.6 Å². The zero-order chi connectivity index (χ0) is 15.8. The number of hydrogen-bond donors (Lipinski definition) is 2. The van der Waals surface area contributed by atoms with E-state index < -0.39 is 0 Å². The van der Waals surface area contributed by atoms with Crippen molar-refractivity contribution in [1.82, 2.24) is 10.3 Å². The standard InChI is InChI=1S/C16H17N3O2S/c1-12(20)19-13-5-7-15(8-6-13)22-11-16(21)18-10-14-4-2-3-9-17-14/h2-9H,10-11H2,1H3,(H,18,21)(H,19,20). The molecule has 0 saturated heterocycles. The number of nitrogens with zero attached hydrogens (tertiary/aromatic N) is 1. The van der Waals surface area contributed by atoms with Crippen LogP contribution in [0.1, 0.15) is 12.6 Å². The third kappa shape index (κ3) is 5.57. The molecule has 0 aliphatic rings. The fourth-order valence-electron chi connectivity index (χ4n) is 1.73. The van der Waals surface area contributed by atoms with Crippen LogP contribution < -0.4 is 10.6 Å². The Labute approximate surface area is 133 Å². The van der Waals surface area contributed by atoms with Crippen LogP contribution in [0.5, 0.6) is 0 Å². The Balaban J connectivity index is 1.75. The molecule has 2 rings (SSSR count). The highest BCUT2D eigenvalue weighted by Gasteiger charge is 2.04. The summed E-state index contributed by atoms with van der Waals surface area (Å²) in [5, 5.41) is 5.53. The second-order valence-electron chi connectivity index (χ2n) is 4.59. The van der Waals surface area contributed by atoms with Crippen LogP contribution in [-0.4, -0.2) is 22.6 Å². The Morgan fingerprint density at radius 3 is 2.55 bits per heavy atom. The van der Waals surface area contributed by atoms with Crippen molar-refractivity contribution in [3.05, 3.63) is 54.4 Å². The first-order valence-electron chi connectivity index (χ1n) is 6.80. The van der Waals surface area contributed by atoms with Crippen molar-refractivity contribution in [1.29, 1.82) is 0 Å². The van der Waals surface area contributed by atoms with Gasteiger partial charge in [-0.3, -0.25) is 14.6 Å². The highest BCUT2D eigenvalue weighted by atomic mass is 32.2. The van der Waals surface area contributed by atoms with E-state index in [0.717, 1.165) is 16.3 Å². The molecule has 0 radical (unpaired) electrons. The molecule has 0 bridgehead atoms. The molecule has 114 valence electrons. The summed E-state index contributed by atoms with van der Waals surface area (Å²) < 4.78 is 0. The van der Waals surface area contributed by atoms with Gasteiger partial charge in [-0.15, -0.1) is 11.8 Å². The highest BCUT2D eigenvalue weighted by molar-refractivity contribution is 8.00. The van der Waals surface area contributed by atoms with E-state index in [1.807, 2.05) is 42.5 Å². The molecule has 5 nitrogen and oxygen atoms in total. The number of anilines is 1. The van der Waals surface area contributed by atoms with E-state index in [0.29, 0.717) is 12.3 Å². The second-order valence-corrected chi connectivity index (χ2v) is 5.64. The Morgan fingerprint density at radius 1 is 1.14 bits per heavy atom. The number of hydrogen-bond acceptors (Lipinski definition) is 4. The molecule has 0 aliphatic carbocycles. The lowest BCUT2D eigenvalue weighted by molar-refractivity contribution is -0.118. The zero-order valence-corrected chi connectivity index (χ0v) is 13.0. The summed E-state index contributed by atoms with van der Waals surface area (Å²) in [5.41, 5.74) is 1.58. The number of carbonyl (C=O) groups excluding carboxylic acids is 2. The summed E-state index contributed by atoms with van der Waals surface area (Å²) in [6.45, 7) is 1.90. The molecular formula is C16H17N3O2S. The maximum Gasteiger partial charge on any atom is 0.230 e. The van der Waals surface area contributed by atoms with Crippen molar-refractivity contribution in [3.8, 4) is 0 Å². The minimum absolute atomic E-state index is 0.0402. The van der Waals surface area contributed by atoms with Crippen molar-refractivity contribution in [2.75, 3.05) is 11.1 Å². The number of amides is 2. The fraction of sp³-hybridized carbons (Fsp3) is 0.188. The Morgan fingerprint density at radius 2 is 1.91 bits per heavy atom. The number of aromatic nitrogens is 1. The summed E-state index contributed by atoms with van der Waals surface area (Å²) in [5.74, 6) is 0.197. The molecule has 0 unspecified atom stereocenters. The lowest BCUT2D eigenvalue weighted by Gasteiger charge is -2.06. The van der Waals surface area contributed by atoms with Crippen molar-refractivity contribution in [2.24, 2.45) is 0 Å². The number of nitrogens with one attached hydrogen (secondary N) is 2. The smallest absolute Gasteiger partial charge is 0.230 e. The minimum atomic E-state index is -0.102. The van der Waals surface area contributed by atoms with Crippen LogP contribution in [0.3, 0.4) is 0 Å². The van der Waals surface area contributed by atoms with Gasteiger partial charge in [0, 0.05) is 23.7 Å². The Hall–Kier alpha value is -2.34. The van der Waals surface area contributed by atoms with Crippen LogP contribution in [0.25, 0.3) is 0 Å². The van der Waals surface area contributed by atoms with E-state index in [4.69, 9.17) is 0 Å². The number of rotatable bonds is 6. The first-order chi connectivity index (χ1) is 10.6. The number of benzene rings is 1. The number of pyridine rings is 1. The van der Waals surface area contributed by atoms with Crippen molar-refractivity contribution in [3.63, 3.8) is 0 Å². The average molecular weight is 315 g/mol. The largest absolute Gasteiger partial charge is 0.350 e. The van der Waals surface area contributed by atoms with Gasteiger partial charge in [0.05, 0.1) is 18.0 Å². The maximum atomic E-state index is 11.8. The van der Waals surface area contributed by atoms with Gasteiger partial charge in [-0.25, -0.2) is 0 Å². The van der Waals surface area contributed by atoms with Crippen LogP contribution >= 0.6 is 11.8 Å². The molecule has 0 spiro atoms. The SMILES string of the molecule is CC(=O)Nc1ccc(SCC(=O)NCc2ccccn2)cc1. The molecule has 6 heteroatoms. The van der Waals surface area contributed by atoms with Gasteiger partial charge in [0.15, 0.2) is 0 Å². The average Bonchev–Trinajstić information content (AvgIpc) is 2.53. The minimum Gasteiger partial charge on any atom is -0.350 e. The third-order valence-electron chi connectivity index (χ3n) is 2.74. The molecule has 2 aromatic rings. The first kappa shape index (κ1) is 16.0. The van der Waals surface area contributed by atoms with Crippen molar-refractivity contribution in [2.45, 2.75) is 18.4 Å². The summed E-state index contributed by atoms with van der Waals surface area (Å²) in [6.07, 6.45) is 1.70. The van der Waals surface area contributed by atoms with Crippen LogP contribution in [0.2, 0.25) is 0 Å². The third-order valence-corrected chi connectivity index (χ3v) is 3.75. The van der Waals surface area contributed by atoms with Crippen LogP contribution in [-0.2, 0) is 16.1 Å².